The molecule has 0 aliphatic carbocycles. The lowest BCUT2D eigenvalue weighted by Crippen LogP contribution is -2.40. The molecule has 0 radical (unpaired) electrons. The zero-order valence-corrected chi connectivity index (χ0v) is 22.2. The molecule has 194 valence electrons. The highest BCUT2D eigenvalue weighted by Gasteiger charge is 2.22. The summed E-state index contributed by atoms with van der Waals surface area (Å²) in [6.45, 7) is 7.06. The van der Waals surface area contributed by atoms with Gasteiger partial charge in [-0.05, 0) is 59.3 Å². The fourth-order valence-corrected chi connectivity index (χ4v) is 4.43. The standard InChI is InChI=1S/C27H39BrN2O5/c28-27-22-26(9-11-29-27)30-12-5-4-8-25(30)10-13-31-14-15-32-16-17-33-18-19-34-20-21-35-23-24-6-2-1-3-7-24/h1-3,6-7,9,11,22,25H,4-5,8,10,12-21,23H2. The summed E-state index contributed by atoms with van der Waals surface area (Å²) >= 11 is 3.48. The van der Waals surface area contributed by atoms with Crippen molar-refractivity contribution < 1.29 is 23.7 Å². The van der Waals surface area contributed by atoms with Crippen molar-refractivity contribution in [2.24, 2.45) is 0 Å². The van der Waals surface area contributed by atoms with E-state index in [1.165, 1.54) is 30.5 Å². The number of benzene rings is 1. The van der Waals surface area contributed by atoms with Crippen LogP contribution in [0, 0.1) is 0 Å². The second kappa shape index (κ2) is 17.8. The minimum atomic E-state index is 0.519. The fourth-order valence-electron chi connectivity index (χ4n) is 4.07. The molecule has 1 aromatic heterocycles. The summed E-state index contributed by atoms with van der Waals surface area (Å²) in [6.07, 6.45) is 6.62. The molecule has 8 heteroatoms. The summed E-state index contributed by atoms with van der Waals surface area (Å²) in [5.41, 5.74) is 2.41. The van der Waals surface area contributed by atoms with E-state index in [0.29, 0.717) is 65.5 Å². The maximum Gasteiger partial charge on any atom is 0.108 e. The molecule has 0 bridgehead atoms. The van der Waals surface area contributed by atoms with Gasteiger partial charge in [-0.2, -0.15) is 0 Å². The smallest absolute Gasteiger partial charge is 0.108 e. The van der Waals surface area contributed by atoms with Gasteiger partial charge in [-0.25, -0.2) is 4.98 Å². The van der Waals surface area contributed by atoms with Crippen molar-refractivity contribution in [3.63, 3.8) is 0 Å². The average molecular weight is 552 g/mol. The zero-order valence-electron chi connectivity index (χ0n) is 20.6. The van der Waals surface area contributed by atoms with Crippen molar-refractivity contribution in [1.82, 2.24) is 4.98 Å². The topological polar surface area (TPSA) is 62.3 Å². The van der Waals surface area contributed by atoms with E-state index in [4.69, 9.17) is 23.7 Å². The quantitative estimate of drug-likeness (QED) is 0.193. The van der Waals surface area contributed by atoms with Crippen LogP contribution in [-0.4, -0.2) is 77.0 Å². The van der Waals surface area contributed by atoms with Crippen molar-refractivity contribution in [3.05, 3.63) is 58.8 Å². The van der Waals surface area contributed by atoms with Crippen LogP contribution >= 0.6 is 15.9 Å². The van der Waals surface area contributed by atoms with Crippen molar-refractivity contribution in [2.75, 3.05) is 70.9 Å². The molecule has 0 spiro atoms. The van der Waals surface area contributed by atoms with Crippen LogP contribution in [0.5, 0.6) is 0 Å². The molecule has 1 atom stereocenters. The van der Waals surface area contributed by atoms with Crippen molar-refractivity contribution >= 4 is 21.6 Å². The SMILES string of the molecule is Brc1cc(N2CCCCC2CCOCCOCCOCCOCCOCc2ccccc2)ccn1. The number of nitrogens with zero attached hydrogens (tertiary/aromatic N) is 2. The van der Waals surface area contributed by atoms with E-state index < -0.39 is 0 Å². The molecular weight excluding hydrogens is 512 g/mol. The Hall–Kier alpha value is -1.55. The van der Waals surface area contributed by atoms with Gasteiger partial charge >= 0.3 is 0 Å². The Bertz CT molecular complexity index is 798. The maximum atomic E-state index is 5.82. The van der Waals surface area contributed by atoms with Crippen LogP contribution in [0.25, 0.3) is 0 Å². The summed E-state index contributed by atoms with van der Waals surface area (Å²) in [5, 5.41) is 0. The number of piperidine rings is 1. The third kappa shape index (κ3) is 11.8. The van der Waals surface area contributed by atoms with Gasteiger partial charge in [-0.3, -0.25) is 0 Å². The number of pyridine rings is 1. The van der Waals surface area contributed by atoms with Crippen LogP contribution in [0.15, 0.2) is 53.3 Å². The average Bonchev–Trinajstić information content (AvgIpc) is 2.89. The normalized spacial score (nSPS) is 16.0. The highest BCUT2D eigenvalue weighted by atomic mass is 79.9. The second-order valence-electron chi connectivity index (χ2n) is 8.46. The monoisotopic (exact) mass is 550 g/mol. The summed E-state index contributed by atoms with van der Waals surface area (Å²) in [5.74, 6) is 0. The first kappa shape index (κ1) is 28.0. The number of ether oxygens (including phenoxy) is 5. The van der Waals surface area contributed by atoms with E-state index >= 15 is 0 Å². The molecule has 2 aromatic rings. The van der Waals surface area contributed by atoms with Gasteiger partial charge in [-0.15, -0.1) is 0 Å². The highest BCUT2D eigenvalue weighted by Crippen LogP contribution is 2.27. The van der Waals surface area contributed by atoms with Gasteiger partial charge in [0.2, 0.25) is 0 Å². The van der Waals surface area contributed by atoms with Crippen LogP contribution in [0.1, 0.15) is 31.2 Å². The summed E-state index contributed by atoms with van der Waals surface area (Å²) < 4.78 is 28.9. The molecule has 3 rings (SSSR count). The molecule has 0 saturated carbocycles. The van der Waals surface area contributed by atoms with E-state index in [2.05, 4.69) is 50.1 Å². The predicted molar refractivity (Wildman–Crippen MR) is 141 cm³/mol. The number of halogens is 1. The Morgan fingerprint density at radius 2 is 1.40 bits per heavy atom. The third-order valence-electron chi connectivity index (χ3n) is 5.86. The Kier molecular flexibility index (Phi) is 14.3. The van der Waals surface area contributed by atoms with Gasteiger partial charge in [-0.1, -0.05) is 30.3 Å². The molecule has 1 fully saturated rings. The first-order chi connectivity index (χ1) is 17.3. The minimum absolute atomic E-state index is 0.519. The van der Waals surface area contributed by atoms with E-state index in [1.807, 2.05) is 24.4 Å². The maximum absolute atomic E-state index is 5.82. The summed E-state index contributed by atoms with van der Waals surface area (Å²) in [6, 6.07) is 14.8. The van der Waals surface area contributed by atoms with Crippen LogP contribution in [0.3, 0.4) is 0 Å². The van der Waals surface area contributed by atoms with Gasteiger partial charge in [0.1, 0.15) is 4.60 Å². The van der Waals surface area contributed by atoms with Gasteiger partial charge in [0, 0.05) is 31.1 Å². The molecule has 0 amide bonds. The predicted octanol–water partition coefficient (Wildman–Crippen LogP) is 4.88. The van der Waals surface area contributed by atoms with Crippen LogP contribution in [0.4, 0.5) is 5.69 Å². The molecule has 1 aliphatic heterocycles. The summed E-state index contributed by atoms with van der Waals surface area (Å²) in [4.78, 5) is 6.74. The largest absolute Gasteiger partial charge is 0.379 e. The summed E-state index contributed by atoms with van der Waals surface area (Å²) in [7, 11) is 0. The van der Waals surface area contributed by atoms with Gasteiger partial charge in [0.05, 0.1) is 59.5 Å². The Balaban J connectivity index is 1.09. The van der Waals surface area contributed by atoms with E-state index in [0.717, 1.165) is 24.2 Å². The molecule has 2 heterocycles. The molecule has 0 N–H and O–H groups in total. The number of hydrogen-bond acceptors (Lipinski definition) is 7. The number of hydrogen-bond donors (Lipinski definition) is 0. The van der Waals surface area contributed by atoms with Gasteiger partial charge < -0.3 is 28.6 Å². The van der Waals surface area contributed by atoms with E-state index in [9.17, 15) is 0 Å². The molecule has 7 nitrogen and oxygen atoms in total. The number of anilines is 1. The minimum Gasteiger partial charge on any atom is -0.379 e. The van der Waals surface area contributed by atoms with Crippen LogP contribution in [-0.2, 0) is 30.3 Å². The molecule has 35 heavy (non-hydrogen) atoms. The first-order valence-corrected chi connectivity index (χ1v) is 13.4. The van der Waals surface area contributed by atoms with E-state index in [1.54, 1.807) is 0 Å². The second-order valence-corrected chi connectivity index (χ2v) is 9.27. The van der Waals surface area contributed by atoms with Crippen LogP contribution < -0.4 is 4.90 Å². The molecule has 1 unspecified atom stereocenters. The van der Waals surface area contributed by atoms with Crippen molar-refractivity contribution in [2.45, 2.75) is 38.3 Å². The molecule has 1 aromatic carbocycles. The molecular formula is C27H39BrN2O5. The third-order valence-corrected chi connectivity index (χ3v) is 6.30. The Morgan fingerprint density at radius 3 is 2.06 bits per heavy atom. The van der Waals surface area contributed by atoms with Crippen molar-refractivity contribution in [3.8, 4) is 0 Å². The Morgan fingerprint density at radius 1 is 0.771 bits per heavy atom. The fraction of sp³-hybridized carbons (Fsp3) is 0.593. The lowest BCUT2D eigenvalue weighted by atomic mass is 9.99. The highest BCUT2D eigenvalue weighted by molar-refractivity contribution is 9.10. The van der Waals surface area contributed by atoms with Gasteiger partial charge in [0.25, 0.3) is 0 Å². The first-order valence-electron chi connectivity index (χ1n) is 12.6. The van der Waals surface area contributed by atoms with Crippen LogP contribution in [0.2, 0.25) is 0 Å². The van der Waals surface area contributed by atoms with E-state index in [-0.39, 0.29) is 0 Å². The van der Waals surface area contributed by atoms with Gasteiger partial charge in [0.15, 0.2) is 0 Å². The molecule has 1 saturated heterocycles. The Labute approximate surface area is 218 Å². The zero-order chi connectivity index (χ0) is 24.4. The lowest BCUT2D eigenvalue weighted by molar-refractivity contribution is -0.0128. The molecule has 1 aliphatic rings. The number of aromatic nitrogens is 1. The lowest BCUT2D eigenvalue weighted by Gasteiger charge is -2.37. The van der Waals surface area contributed by atoms with Crippen molar-refractivity contribution in [1.29, 1.82) is 0 Å². The number of rotatable bonds is 18.